The second kappa shape index (κ2) is 10.2. The molecule has 0 atom stereocenters. The molecule has 0 radical (unpaired) electrons. The van der Waals surface area contributed by atoms with Crippen molar-refractivity contribution in [3.63, 3.8) is 0 Å². The summed E-state index contributed by atoms with van der Waals surface area (Å²) >= 11 is 0. The maximum absolute atomic E-state index is 12.9. The molecule has 33 heavy (non-hydrogen) atoms. The number of carbonyl (C=O) groups is 2. The lowest BCUT2D eigenvalue weighted by Gasteiger charge is -2.35. The molecule has 0 unspecified atom stereocenters. The Balaban J connectivity index is 1.26. The molecule has 4 rings (SSSR count). The van der Waals surface area contributed by atoms with Gasteiger partial charge in [0.2, 0.25) is 17.6 Å². The van der Waals surface area contributed by atoms with Crippen molar-refractivity contribution in [3.8, 4) is 11.5 Å². The number of ether oxygens (including phenoxy) is 2. The maximum atomic E-state index is 12.9. The van der Waals surface area contributed by atoms with E-state index in [0.717, 1.165) is 11.3 Å². The van der Waals surface area contributed by atoms with Crippen LogP contribution < -0.4 is 9.47 Å². The van der Waals surface area contributed by atoms with Gasteiger partial charge in [-0.3, -0.25) is 9.59 Å². The quantitative estimate of drug-likeness (QED) is 0.545. The van der Waals surface area contributed by atoms with Gasteiger partial charge in [0, 0.05) is 38.7 Å². The van der Waals surface area contributed by atoms with E-state index in [0.29, 0.717) is 55.6 Å². The van der Waals surface area contributed by atoms with Crippen LogP contribution >= 0.6 is 0 Å². The molecule has 0 N–H and O–H groups in total. The van der Waals surface area contributed by atoms with Crippen molar-refractivity contribution < 1.29 is 23.6 Å². The minimum Gasteiger partial charge on any atom is -0.497 e. The highest BCUT2D eigenvalue weighted by Gasteiger charge is 2.25. The smallest absolute Gasteiger partial charge is 0.253 e. The fraction of sp³-hybridized carbons (Fsp3) is 0.333. The molecule has 3 aromatic rings. The fourth-order valence-electron chi connectivity index (χ4n) is 3.65. The van der Waals surface area contributed by atoms with Crippen LogP contribution in [0.15, 0.2) is 53.1 Å². The SMILES string of the molecule is COc1cccc(CC(=O)N2CCN(C(=O)c3ccc(OCc4noc(C)n4)cc3)CC2)c1. The van der Waals surface area contributed by atoms with Crippen LogP contribution in [0.2, 0.25) is 0 Å². The number of piperazine rings is 1. The number of hydrogen-bond acceptors (Lipinski definition) is 7. The summed E-state index contributed by atoms with van der Waals surface area (Å²) in [7, 11) is 1.61. The van der Waals surface area contributed by atoms with E-state index in [1.165, 1.54) is 0 Å². The van der Waals surface area contributed by atoms with Crippen molar-refractivity contribution in [3.05, 3.63) is 71.4 Å². The predicted molar refractivity (Wildman–Crippen MR) is 119 cm³/mol. The topological polar surface area (TPSA) is 98.0 Å². The van der Waals surface area contributed by atoms with Gasteiger partial charge in [-0.15, -0.1) is 0 Å². The van der Waals surface area contributed by atoms with Crippen LogP contribution in [0.4, 0.5) is 0 Å². The van der Waals surface area contributed by atoms with Gasteiger partial charge >= 0.3 is 0 Å². The first kappa shape index (κ1) is 22.3. The number of hydrogen-bond donors (Lipinski definition) is 0. The summed E-state index contributed by atoms with van der Waals surface area (Å²) in [6.45, 7) is 3.93. The molecule has 172 valence electrons. The van der Waals surface area contributed by atoms with Crippen LogP contribution in [-0.2, 0) is 17.8 Å². The zero-order chi connectivity index (χ0) is 23.2. The number of aryl methyl sites for hydroxylation is 1. The molecule has 2 aromatic carbocycles. The van der Waals surface area contributed by atoms with Crippen molar-refractivity contribution in [2.45, 2.75) is 20.0 Å². The molecule has 1 saturated heterocycles. The highest BCUT2D eigenvalue weighted by molar-refractivity contribution is 5.94. The van der Waals surface area contributed by atoms with Crippen LogP contribution in [0.5, 0.6) is 11.5 Å². The molecule has 1 aromatic heterocycles. The van der Waals surface area contributed by atoms with Crippen molar-refractivity contribution in [2.24, 2.45) is 0 Å². The molecule has 1 aliphatic heterocycles. The number of aromatic nitrogens is 2. The Morgan fingerprint density at radius 1 is 1.00 bits per heavy atom. The molecule has 1 fully saturated rings. The molecule has 0 bridgehead atoms. The first-order valence-corrected chi connectivity index (χ1v) is 10.7. The lowest BCUT2D eigenvalue weighted by molar-refractivity contribution is -0.131. The number of amides is 2. The average molecular weight is 450 g/mol. The summed E-state index contributed by atoms with van der Waals surface area (Å²) in [4.78, 5) is 33.2. The lowest BCUT2D eigenvalue weighted by atomic mass is 10.1. The van der Waals surface area contributed by atoms with Gasteiger partial charge in [0.15, 0.2) is 6.61 Å². The van der Waals surface area contributed by atoms with Crippen LogP contribution in [0.3, 0.4) is 0 Å². The van der Waals surface area contributed by atoms with Crippen molar-refractivity contribution in [1.82, 2.24) is 19.9 Å². The normalized spacial score (nSPS) is 13.6. The molecular weight excluding hydrogens is 424 g/mol. The highest BCUT2D eigenvalue weighted by atomic mass is 16.5. The minimum absolute atomic E-state index is 0.0497. The Hall–Kier alpha value is -3.88. The van der Waals surface area contributed by atoms with Gasteiger partial charge in [-0.05, 0) is 42.0 Å². The van der Waals surface area contributed by atoms with E-state index < -0.39 is 0 Å². The molecule has 2 heterocycles. The van der Waals surface area contributed by atoms with Gasteiger partial charge in [0.05, 0.1) is 13.5 Å². The van der Waals surface area contributed by atoms with Crippen LogP contribution in [0.1, 0.15) is 27.6 Å². The Labute approximate surface area is 191 Å². The summed E-state index contributed by atoms with van der Waals surface area (Å²) < 4.78 is 15.8. The number of carbonyl (C=O) groups excluding carboxylic acids is 2. The average Bonchev–Trinajstić information content (AvgIpc) is 3.28. The second-order valence-corrected chi connectivity index (χ2v) is 7.74. The molecule has 2 amide bonds. The number of nitrogens with zero attached hydrogens (tertiary/aromatic N) is 4. The van der Waals surface area contributed by atoms with Crippen LogP contribution in [0, 0.1) is 6.92 Å². The first-order valence-electron chi connectivity index (χ1n) is 10.7. The zero-order valence-corrected chi connectivity index (χ0v) is 18.7. The molecule has 0 spiro atoms. The summed E-state index contributed by atoms with van der Waals surface area (Å²) in [5.74, 6) is 2.28. The van der Waals surface area contributed by atoms with Gasteiger partial charge in [-0.25, -0.2) is 0 Å². The largest absolute Gasteiger partial charge is 0.497 e. The van der Waals surface area contributed by atoms with E-state index in [2.05, 4.69) is 10.1 Å². The molecule has 0 saturated carbocycles. The molecule has 9 nitrogen and oxygen atoms in total. The minimum atomic E-state index is -0.0600. The first-order chi connectivity index (χ1) is 16.0. The Kier molecular flexibility index (Phi) is 6.87. The zero-order valence-electron chi connectivity index (χ0n) is 18.7. The Bertz CT molecular complexity index is 1100. The van der Waals surface area contributed by atoms with Gasteiger partial charge in [-0.2, -0.15) is 4.98 Å². The Morgan fingerprint density at radius 3 is 2.39 bits per heavy atom. The fourth-order valence-corrected chi connectivity index (χ4v) is 3.65. The van der Waals surface area contributed by atoms with Gasteiger partial charge < -0.3 is 23.8 Å². The molecule has 9 heteroatoms. The summed E-state index contributed by atoms with van der Waals surface area (Å²) in [6, 6.07) is 14.5. The third-order valence-electron chi connectivity index (χ3n) is 5.45. The van der Waals surface area contributed by atoms with Gasteiger partial charge in [0.25, 0.3) is 5.91 Å². The van der Waals surface area contributed by atoms with Crippen LogP contribution in [0.25, 0.3) is 0 Å². The molecule has 0 aliphatic carbocycles. The second-order valence-electron chi connectivity index (χ2n) is 7.74. The predicted octanol–water partition coefficient (Wildman–Crippen LogP) is 2.49. The van der Waals surface area contributed by atoms with E-state index in [9.17, 15) is 9.59 Å². The van der Waals surface area contributed by atoms with Crippen LogP contribution in [-0.4, -0.2) is 65.0 Å². The van der Waals surface area contributed by atoms with Crippen molar-refractivity contribution >= 4 is 11.8 Å². The van der Waals surface area contributed by atoms with E-state index in [-0.39, 0.29) is 18.4 Å². The van der Waals surface area contributed by atoms with Gasteiger partial charge in [-0.1, -0.05) is 17.3 Å². The number of methoxy groups -OCH3 is 1. The number of rotatable bonds is 7. The third-order valence-corrected chi connectivity index (χ3v) is 5.45. The Morgan fingerprint density at radius 2 is 1.73 bits per heavy atom. The molecular formula is C24H26N4O5. The van der Waals surface area contributed by atoms with E-state index in [4.69, 9.17) is 14.0 Å². The standard InChI is InChI=1S/C24H26N4O5/c1-17-25-22(26-33-17)16-32-20-8-6-19(7-9-20)24(30)28-12-10-27(11-13-28)23(29)15-18-4-3-5-21(14-18)31-2/h3-9,14H,10-13,15-16H2,1-2H3. The monoisotopic (exact) mass is 450 g/mol. The third kappa shape index (κ3) is 5.68. The van der Waals surface area contributed by atoms with E-state index in [1.807, 2.05) is 24.3 Å². The summed E-state index contributed by atoms with van der Waals surface area (Å²) in [6.07, 6.45) is 0.316. The van der Waals surface area contributed by atoms with E-state index >= 15 is 0 Å². The summed E-state index contributed by atoms with van der Waals surface area (Å²) in [5, 5.41) is 3.78. The molecule has 1 aliphatic rings. The lowest BCUT2D eigenvalue weighted by Crippen LogP contribution is -2.51. The van der Waals surface area contributed by atoms with E-state index in [1.54, 1.807) is 48.1 Å². The van der Waals surface area contributed by atoms with Crippen molar-refractivity contribution in [2.75, 3.05) is 33.3 Å². The number of benzene rings is 2. The highest BCUT2D eigenvalue weighted by Crippen LogP contribution is 2.17. The summed E-state index contributed by atoms with van der Waals surface area (Å²) in [5.41, 5.74) is 1.49. The van der Waals surface area contributed by atoms with Crippen molar-refractivity contribution in [1.29, 1.82) is 0 Å². The van der Waals surface area contributed by atoms with Gasteiger partial charge in [0.1, 0.15) is 11.5 Å². The maximum Gasteiger partial charge on any atom is 0.253 e.